The van der Waals surface area contributed by atoms with Crippen LogP contribution >= 0.6 is 0 Å². The maximum Gasteiger partial charge on any atom is 0.0457 e. The summed E-state index contributed by atoms with van der Waals surface area (Å²) in [6.45, 7) is 6.63. The van der Waals surface area contributed by atoms with Crippen molar-refractivity contribution in [2.75, 3.05) is 6.54 Å². The zero-order valence-electron chi connectivity index (χ0n) is 11.8. The predicted octanol–water partition coefficient (Wildman–Crippen LogP) is 2.79. The summed E-state index contributed by atoms with van der Waals surface area (Å²) in [7, 11) is 0. The Labute approximate surface area is 114 Å². The van der Waals surface area contributed by atoms with E-state index in [4.69, 9.17) is 0 Å². The van der Waals surface area contributed by atoms with Crippen LogP contribution in [0.3, 0.4) is 0 Å². The van der Waals surface area contributed by atoms with Crippen LogP contribution in [-0.2, 0) is 6.54 Å². The molecule has 1 aliphatic rings. The maximum atomic E-state index is 3.71. The first-order valence-electron chi connectivity index (χ1n) is 7.17. The van der Waals surface area contributed by atoms with E-state index in [9.17, 15) is 0 Å². The minimum absolute atomic E-state index is 0.260. The number of hydrogen-bond acceptors (Lipinski definition) is 2. The summed E-state index contributed by atoms with van der Waals surface area (Å²) in [4.78, 5) is 3.34. The van der Waals surface area contributed by atoms with E-state index in [2.05, 4.69) is 59.9 Å². The van der Waals surface area contributed by atoms with Gasteiger partial charge in [-0.2, -0.15) is 0 Å². The molecule has 1 aromatic carbocycles. The fourth-order valence-corrected chi connectivity index (χ4v) is 3.08. The van der Waals surface area contributed by atoms with Gasteiger partial charge >= 0.3 is 0 Å². The smallest absolute Gasteiger partial charge is 0.0457 e. The molecule has 0 spiro atoms. The van der Waals surface area contributed by atoms with Gasteiger partial charge in [-0.25, -0.2) is 0 Å². The van der Waals surface area contributed by atoms with Crippen LogP contribution in [0.5, 0.6) is 0 Å². The van der Waals surface area contributed by atoms with Crippen molar-refractivity contribution in [1.29, 1.82) is 0 Å². The van der Waals surface area contributed by atoms with Gasteiger partial charge in [-0.3, -0.25) is 0 Å². The van der Waals surface area contributed by atoms with Crippen molar-refractivity contribution >= 4 is 10.9 Å². The Morgan fingerprint density at radius 1 is 1.32 bits per heavy atom. The van der Waals surface area contributed by atoms with Crippen molar-refractivity contribution < 1.29 is 0 Å². The van der Waals surface area contributed by atoms with E-state index >= 15 is 0 Å². The number of aromatic amines is 1. The first-order chi connectivity index (χ1) is 9.14. The lowest BCUT2D eigenvalue weighted by Gasteiger charge is -2.37. The molecule has 3 N–H and O–H groups in total. The molecule has 0 aliphatic carbocycles. The van der Waals surface area contributed by atoms with E-state index in [-0.39, 0.29) is 5.54 Å². The van der Waals surface area contributed by atoms with Crippen molar-refractivity contribution in [3.8, 4) is 0 Å². The highest BCUT2D eigenvalue weighted by Gasteiger charge is 2.26. The maximum absolute atomic E-state index is 3.71. The molecular weight excluding hydrogens is 234 g/mol. The fraction of sp³-hybridized carbons (Fsp3) is 0.500. The SMILES string of the molecule is CC1(C)CC(NCc2c[nH]c3ccccc23)CCN1. The van der Waals surface area contributed by atoms with E-state index in [0.717, 1.165) is 13.1 Å². The second-order valence-electron chi connectivity index (χ2n) is 6.24. The fourth-order valence-electron chi connectivity index (χ4n) is 3.08. The topological polar surface area (TPSA) is 39.9 Å². The molecule has 1 aromatic heterocycles. The largest absolute Gasteiger partial charge is 0.361 e. The van der Waals surface area contributed by atoms with Crippen LogP contribution in [0.2, 0.25) is 0 Å². The zero-order chi connectivity index (χ0) is 13.3. The first kappa shape index (κ1) is 12.7. The number of rotatable bonds is 3. The van der Waals surface area contributed by atoms with Gasteiger partial charge in [-0.05, 0) is 44.9 Å². The molecule has 1 saturated heterocycles. The molecule has 1 fully saturated rings. The third kappa shape index (κ3) is 2.82. The van der Waals surface area contributed by atoms with Crippen LogP contribution in [-0.4, -0.2) is 23.1 Å². The molecule has 0 radical (unpaired) electrons. The number of H-pyrrole nitrogens is 1. The monoisotopic (exact) mass is 257 g/mol. The van der Waals surface area contributed by atoms with Gasteiger partial charge in [0, 0.05) is 35.2 Å². The minimum Gasteiger partial charge on any atom is -0.361 e. The molecular formula is C16H23N3. The van der Waals surface area contributed by atoms with Gasteiger partial charge in [0.15, 0.2) is 0 Å². The molecule has 0 amide bonds. The van der Waals surface area contributed by atoms with Crippen molar-refractivity contribution in [2.24, 2.45) is 0 Å². The molecule has 2 aromatic rings. The first-order valence-corrected chi connectivity index (χ1v) is 7.17. The minimum atomic E-state index is 0.260. The van der Waals surface area contributed by atoms with Gasteiger partial charge in [0.25, 0.3) is 0 Å². The number of hydrogen-bond donors (Lipinski definition) is 3. The van der Waals surface area contributed by atoms with Crippen LogP contribution < -0.4 is 10.6 Å². The van der Waals surface area contributed by atoms with Gasteiger partial charge in [0.1, 0.15) is 0 Å². The number of piperidine rings is 1. The molecule has 1 aliphatic heterocycles. The standard InChI is InChI=1S/C16H23N3/c1-16(2)9-13(7-8-19-16)17-10-12-11-18-15-6-4-3-5-14(12)15/h3-6,11,13,17-19H,7-10H2,1-2H3. The third-order valence-corrected chi connectivity index (χ3v) is 4.11. The highest BCUT2D eigenvalue weighted by atomic mass is 15.0. The van der Waals surface area contributed by atoms with E-state index in [1.807, 2.05) is 0 Å². The number of aromatic nitrogens is 1. The van der Waals surface area contributed by atoms with Crippen molar-refractivity contribution in [1.82, 2.24) is 15.6 Å². The normalized spacial score (nSPS) is 22.7. The molecule has 19 heavy (non-hydrogen) atoms. The lowest BCUT2D eigenvalue weighted by molar-refractivity contribution is 0.247. The van der Waals surface area contributed by atoms with Gasteiger partial charge in [0.2, 0.25) is 0 Å². The Hall–Kier alpha value is -1.32. The average Bonchev–Trinajstić information content (AvgIpc) is 2.78. The second kappa shape index (κ2) is 4.99. The number of para-hydroxylation sites is 1. The third-order valence-electron chi connectivity index (χ3n) is 4.11. The predicted molar refractivity (Wildman–Crippen MR) is 80.2 cm³/mol. The Bertz CT molecular complexity index is 556. The Morgan fingerprint density at radius 2 is 2.16 bits per heavy atom. The lowest BCUT2D eigenvalue weighted by Crippen LogP contribution is -2.51. The number of nitrogens with one attached hydrogen (secondary N) is 3. The molecule has 3 rings (SSSR count). The summed E-state index contributed by atoms with van der Waals surface area (Å²) < 4.78 is 0. The Morgan fingerprint density at radius 3 is 3.00 bits per heavy atom. The van der Waals surface area contributed by atoms with Gasteiger partial charge in [-0.1, -0.05) is 18.2 Å². The van der Waals surface area contributed by atoms with Gasteiger partial charge in [-0.15, -0.1) is 0 Å². The molecule has 1 unspecified atom stereocenters. The van der Waals surface area contributed by atoms with Crippen molar-refractivity contribution in [3.63, 3.8) is 0 Å². The number of fused-ring (bicyclic) bond motifs is 1. The summed E-state index contributed by atoms with van der Waals surface area (Å²) in [5.41, 5.74) is 2.85. The summed E-state index contributed by atoms with van der Waals surface area (Å²) in [5.74, 6) is 0. The van der Waals surface area contributed by atoms with Crippen LogP contribution in [0, 0.1) is 0 Å². The summed E-state index contributed by atoms with van der Waals surface area (Å²) in [5, 5.41) is 8.61. The Kier molecular flexibility index (Phi) is 3.33. The van der Waals surface area contributed by atoms with Crippen LogP contribution in [0.4, 0.5) is 0 Å². The van der Waals surface area contributed by atoms with Crippen LogP contribution in [0.25, 0.3) is 10.9 Å². The Balaban J connectivity index is 1.66. The molecule has 0 bridgehead atoms. The molecule has 0 saturated carbocycles. The number of benzene rings is 1. The second-order valence-corrected chi connectivity index (χ2v) is 6.24. The summed E-state index contributed by atoms with van der Waals surface area (Å²) >= 11 is 0. The van der Waals surface area contributed by atoms with E-state index < -0.39 is 0 Å². The molecule has 3 heteroatoms. The quantitative estimate of drug-likeness (QED) is 0.791. The van der Waals surface area contributed by atoms with Crippen molar-refractivity contribution in [2.45, 2.75) is 44.8 Å². The van der Waals surface area contributed by atoms with E-state index in [1.54, 1.807) is 0 Å². The highest BCUT2D eigenvalue weighted by molar-refractivity contribution is 5.82. The average molecular weight is 257 g/mol. The van der Waals surface area contributed by atoms with E-state index in [0.29, 0.717) is 6.04 Å². The molecule has 3 nitrogen and oxygen atoms in total. The summed E-state index contributed by atoms with van der Waals surface area (Å²) in [6.07, 6.45) is 4.53. The summed E-state index contributed by atoms with van der Waals surface area (Å²) in [6, 6.07) is 9.12. The molecule has 2 heterocycles. The van der Waals surface area contributed by atoms with Crippen LogP contribution in [0.15, 0.2) is 30.5 Å². The van der Waals surface area contributed by atoms with Crippen molar-refractivity contribution in [3.05, 3.63) is 36.0 Å². The lowest BCUT2D eigenvalue weighted by atomic mass is 9.89. The van der Waals surface area contributed by atoms with E-state index in [1.165, 1.54) is 29.3 Å². The van der Waals surface area contributed by atoms with Crippen LogP contribution in [0.1, 0.15) is 32.3 Å². The molecule has 102 valence electrons. The van der Waals surface area contributed by atoms with Gasteiger partial charge < -0.3 is 15.6 Å². The highest BCUT2D eigenvalue weighted by Crippen LogP contribution is 2.21. The zero-order valence-corrected chi connectivity index (χ0v) is 11.8. The molecule has 1 atom stereocenters. The van der Waals surface area contributed by atoms with Gasteiger partial charge in [0.05, 0.1) is 0 Å².